The van der Waals surface area contributed by atoms with E-state index in [2.05, 4.69) is 17.1 Å². The summed E-state index contributed by atoms with van der Waals surface area (Å²) in [7, 11) is 1.65. The Morgan fingerprint density at radius 3 is 2.82 bits per heavy atom. The molecule has 0 saturated heterocycles. The lowest BCUT2D eigenvalue weighted by Crippen LogP contribution is -2.21. The van der Waals surface area contributed by atoms with Crippen LogP contribution in [0.25, 0.3) is 11.1 Å². The highest BCUT2D eigenvalue weighted by Crippen LogP contribution is 2.42. The molecule has 1 aromatic heterocycles. The SMILES string of the molecule is COc1cnccc1-c1cccc2c1OCC[C@H]2CN.Cl.Cl. The Bertz CT molecular complexity index is 623. The number of hydrogen-bond acceptors (Lipinski definition) is 4. The normalized spacial score (nSPS) is 15.6. The average Bonchev–Trinajstić information content (AvgIpc) is 2.53. The van der Waals surface area contributed by atoms with Gasteiger partial charge in [0.05, 0.1) is 19.9 Å². The fourth-order valence-corrected chi connectivity index (χ4v) is 2.72. The van der Waals surface area contributed by atoms with E-state index in [1.165, 1.54) is 5.56 Å². The largest absolute Gasteiger partial charge is 0.494 e. The van der Waals surface area contributed by atoms with Gasteiger partial charge in [-0.1, -0.05) is 18.2 Å². The molecule has 1 aromatic carbocycles. The lowest BCUT2D eigenvalue weighted by atomic mass is 9.90. The van der Waals surface area contributed by atoms with Crippen LogP contribution >= 0.6 is 24.8 Å². The Labute approximate surface area is 142 Å². The Hall–Kier alpha value is -1.49. The van der Waals surface area contributed by atoms with E-state index in [9.17, 15) is 0 Å². The maximum absolute atomic E-state index is 5.91. The number of ether oxygens (including phenoxy) is 2. The van der Waals surface area contributed by atoms with Crippen LogP contribution in [0.3, 0.4) is 0 Å². The van der Waals surface area contributed by atoms with Crippen LogP contribution in [0.4, 0.5) is 0 Å². The van der Waals surface area contributed by atoms with E-state index in [4.69, 9.17) is 15.2 Å². The molecule has 0 bridgehead atoms. The molecule has 2 N–H and O–H groups in total. The second-order valence-corrected chi connectivity index (χ2v) is 4.87. The summed E-state index contributed by atoms with van der Waals surface area (Å²) in [6, 6.07) is 8.15. The zero-order chi connectivity index (χ0) is 13.9. The first-order chi connectivity index (χ1) is 9.85. The summed E-state index contributed by atoms with van der Waals surface area (Å²) in [4.78, 5) is 4.10. The van der Waals surface area contributed by atoms with Gasteiger partial charge in [-0.3, -0.25) is 4.98 Å². The summed E-state index contributed by atoms with van der Waals surface area (Å²) in [5.41, 5.74) is 9.10. The van der Waals surface area contributed by atoms with Gasteiger partial charge in [-0.2, -0.15) is 0 Å². The lowest BCUT2D eigenvalue weighted by Gasteiger charge is -2.27. The topological polar surface area (TPSA) is 57.4 Å². The smallest absolute Gasteiger partial charge is 0.145 e. The van der Waals surface area contributed by atoms with Gasteiger partial charge in [0.15, 0.2) is 0 Å². The fraction of sp³-hybridized carbons (Fsp3) is 0.312. The highest BCUT2D eigenvalue weighted by molar-refractivity contribution is 5.85. The van der Waals surface area contributed by atoms with E-state index in [1.54, 1.807) is 19.5 Å². The van der Waals surface area contributed by atoms with E-state index >= 15 is 0 Å². The minimum atomic E-state index is 0. The molecule has 2 heterocycles. The molecule has 0 amide bonds. The monoisotopic (exact) mass is 342 g/mol. The van der Waals surface area contributed by atoms with E-state index in [0.29, 0.717) is 19.1 Å². The fourth-order valence-electron chi connectivity index (χ4n) is 2.72. The van der Waals surface area contributed by atoms with Crippen molar-refractivity contribution in [2.24, 2.45) is 5.73 Å². The predicted molar refractivity (Wildman–Crippen MR) is 92.6 cm³/mol. The van der Waals surface area contributed by atoms with Crippen LogP contribution in [-0.2, 0) is 0 Å². The molecule has 0 saturated carbocycles. The highest BCUT2D eigenvalue weighted by atomic mass is 35.5. The minimum absolute atomic E-state index is 0. The molecular formula is C16H20Cl2N2O2. The number of hydrogen-bond donors (Lipinski definition) is 1. The van der Waals surface area contributed by atoms with Crippen molar-refractivity contribution in [1.29, 1.82) is 0 Å². The number of aromatic nitrogens is 1. The summed E-state index contributed by atoms with van der Waals surface area (Å²) < 4.78 is 11.3. The molecule has 2 aromatic rings. The second-order valence-electron chi connectivity index (χ2n) is 4.87. The van der Waals surface area contributed by atoms with Gasteiger partial charge in [-0.25, -0.2) is 0 Å². The van der Waals surface area contributed by atoms with Crippen LogP contribution in [0.1, 0.15) is 17.9 Å². The van der Waals surface area contributed by atoms with Crippen LogP contribution in [0.2, 0.25) is 0 Å². The first-order valence-corrected chi connectivity index (χ1v) is 6.79. The third-order valence-electron chi connectivity index (χ3n) is 3.78. The summed E-state index contributed by atoms with van der Waals surface area (Å²) in [6.45, 7) is 1.35. The number of fused-ring (bicyclic) bond motifs is 1. The molecule has 0 radical (unpaired) electrons. The van der Waals surface area contributed by atoms with Crippen LogP contribution in [-0.4, -0.2) is 25.2 Å². The number of halogens is 2. The van der Waals surface area contributed by atoms with Gasteiger partial charge in [0, 0.05) is 23.2 Å². The van der Waals surface area contributed by atoms with Crippen molar-refractivity contribution < 1.29 is 9.47 Å². The predicted octanol–water partition coefficient (Wildman–Crippen LogP) is 3.43. The number of nitrogens with zero attached hydrogens (tertiary/aromatic N) is 1. The summed E-state index contributed by atoms with van der Waals surface area (Å²) in [5, 5.41) is 0. The number of para-hydroxylation sites is 1. The molecule has 1 aliphatic heterocycles. The van der Waals surface area contributed by atoms with Gasteiger partial charge in [0.2, 0.25) is 0 Å². The molecule has 0 unspecified atom stereocenters. The average molecular weight is 343 g/mol. The van der Waals surface area contributed by atoms with Crippen LogP contribution in [0.15, 0.2) is 36.7 Å². The maximum atomic E-state index is 5.91. The Balaban J connectivity index is 0.00000121. The van der Waals surface area contributed by atoms with Crippen molar-refractivity contribution in [2.75, 3.05) is 20.3 Å². The molecular weight excluding hydrogens is 323 g/mol. The molecule has 3 rings (SSSR count). The Morgan fingerprint density at radius 2 is 2.09 bits per heavy atom. The standard InChI is InChI=1S/C16H18N2O2.2ClH/c1-19-15-10-18-7-5-13(15)14-4-2-3-12-11(9-17)6-8-20-16(12)14;;/h2-5,7,10-11H,6,8-9,17H2,1H3;2*1H/t11-;;/m0../s1. The Morgan fingerprint density at radius 1 is 1.27 bits per heavy atom. The van der Waals surface area contributed by atoms with E-state index in [0.717, 1.165) is 29.0 Å². The third-order valence-corrected chi connectivity index (χ3v) is 3.78. The van der Waals surface area contributed by atoms with Gasteiger partial charge in [-0.05, 0) is 24.6 Å². The molecule has 1 atom stereocenters. The van der Waals surface area contributed by atoms with Crippen molar-refractivity contribution in [1.82, 2.24) is 4.98 Å². The molecule has 22 heavy (non-hydrogen) atoms. The Kier molecular flexibility index (Phi) is 6.94. The molecule has 4 nitrogen and oxygen atoms in total. The van der Waals surface area contributed by atoms with Crippen molar-refractivity contribution in [3.05, 3.63) is 42.2 Å². The zero-order valence-corrected chi connectivity index (χ0v) is 14.0. The molecule has 0 spiro atoms. The quantitative estimate of drug-likeness (QED) is 0.928. The number of rotatable bonds is 3. The number of benzene rings is 1. The van der Waals surface area contributed by atoms with E-state index in [-0.39, 0.29) is 24.8 Å². The number of pyridine rings is 1. The number of methoxy groups -OCH3 is 1. The molecule has 120 valence electrons. The third kappa shape index (κ3) is 3.29. The van der Waals surface area contributed by atoms with Gasteiger partial charge in [-0.15, -0.1) is 24.8 Å². The minimum Gasteiger partial charge on any atom is -0.494 e. The van der Waals surface area contributed by atoms with Gasteiger partial charge < -0.3 is 15.2 Å². The van der Waals surface area contributed by atoms with Crippen molar-refractivity contribution in [3.8, 4) is 22.6 Å². The van der Waals surface area contributed by atoms with Crippen LogP contribution in [0, 0.1) is 0 Å². The molecule has 6 heteroatoms. The molecule has 1 aliphatic rings. The van der Waals surface area contributed by atoms with Gasteiger partial charge in [0.25, 0.3) is 0 Å². The first kappa shape index (κ1) is 18.6. The maximum Gasteiger partial charge on any atom is 0.145 e. The van der Waals surface area contributed by atoms with Gasteiger partial charge >= 0.3 is 0 Å². The van der Waals surface area contributed by atoms with E-state index < -0.39 is 0 Å². The summed E-state index contributed by atoms with van der Waals surface area (Å²) in [5.74, 6) is 2.05. The number of nitrogens with two attached hydrogens (primary N) is 1. The second kappa shape index (κ2) is 8.22. The first-order valence-electron chi connectivity index (χ1n) is 6.79. The van der Waals surface area contributed by atoms with E-state index in [1.807, 2.05) is 12.1 Å². The summed E-state index contributed by atoms with van der Waals surface area (Å²) >= 11 is 0. The van der Waals surface area contributed by atoms with Gasteiger partial charge in [0.1, 0.15) is 11.5 Å². The molecule has 0 fully saturated rings. The van der Waals surface area contributed by atoms with Crippen LogP contribution < -0.4 is 15.2 Å². The zero-order valence-electron chi connectivity index (χ0n) is 12.3. The highest BCUT2D eigenvalue weighted by Gasteiger charge is 2.24. The van der Waals surface area contributed by atoms with Crippen LogP contribution in [0.5, 0.6) is 11.5 Å². The van der Waals surface area contributed by atoms with Crippen molar-refractivity contribution >= 4 is 24.8 Å². The summed E-state index contributed by atoms with van der Waals surface area (Å²) in [6.07, 6.45) is 4.46. The van der Waals surface area contributed by atoms with Crippen molar-refractivity contribution in [2.45, 2.75) is 12.3 Å². The lowest BCUT2D eigenvalue weighted by molar-refractivity contribution is 0.270. The molecule has 0 aliphatic carbocycles. The van der Waals surface area contributed by atoms with Crippen molar-refractivity contribution in [3.63, 3.8) is 0 Å².